The molecular formula is C16H24IN5S. The summed E-state index contributed by atoms with van der Waals surface area (Å²) in [6.45, 7) is 6.46. The molecule has 0 bridgehead atoms. The average molecular weight is 445 g/mol. The second kappa shape index (κ2) is 11.3. The van der Waals surface area contributed by atoms with Gasteiger partial charge in [-0.1, -0.05) is 13.0 Å². The van der Waals surface area contributed by atoms with E-state index in [2.05, 4.69) is 39.4 Å². The summed E-state index contributed by atoms with van der Waals surface area (Å²) < 4.78 is 0. The fraction of sp³-hybridized carbons (Fsp3) is 0.438. The van der Waals surface area contributed by atoms with Crippen molar-refractivity contribution >= 4 is 41.3 Å². The number of guanidine groups is 1. The van der Waals surface area contributed by atoms with Gasteiger partial charge < -0.3 is 10.6 Å². The van der Waals surface area contributed by atoms with Gasteiger partial charge in [0.15, 0.2) is 5.96 Å². The lowest BCUT2D eigenvalue weighted by molar-refractivity contribution is 0.794. The van der Waals surface area contributed by atoms with Crippen molar-refractivity contribution in [1.29, 1.82) is 0 Å². The molecular weight excluding hydrogens is 421 g/mol. The monoisotopic (exact) mass is 445 g/mol. The Morgan fingerprint density at radius 2 is 2.09 bits per heavy atom. The molecule has 23 heavy (non-hydrogen) atoms. The summed E-state index contributed by atoms with van der Waals surface area (Å²) in [5, 5.41) is 7.77. The maximum atomic E-state index is 4.55. The molecule has 7 heteroatoms. The average Bonchev–Trinajstić information content (AvgIpc) is 3.01. The minimum Gasteiger partial charge on any atom is -0.357 e. The summed E-state index contributed by atoms with van der Waals surface area (Å²) >= 11 is 1.79. The lowest BCUT2D eigenvalue weighted by Crippen LogP contribution is -2.38. The molecule has 0 aliphatic carbocycles. The molecule has 2 aromatic rings. The normalized spacial score (nSPS) is 11.0. The van der Waals surface area contributed by atoms with Gasteiger partial charge in [-0.25, -0.2) is 9.98 Å². The van der Waals surface area contributed by atoms with Crippen molar-refractivity contribution in [1.82, 2.24) is 20.6 Å². The number of thiazole rings is 1. The maximum absolute atomic E-state index is 4.55. The molecule has 0 saturated carbocycles. The Bertz CT molecular complexity index is 585. The van der Waals surface area contributed by atoms with Gasteiger partial charge in [0, 0.05) is 36.8 Å². The minimum absolute atomic E-state index is 0. The van der Waals surface area contributed by atoms with Crippen molar-refractivity contribution in [2.75, 3.05) is 13.1 Å². The zero-order chi connectivity index (χ0) is 15.6. The van der Waals surface area contributed by atoms with Gasteiger partial charge in [-0.3, -0.25) is 4.98 Å². The Labute approximate surface area is 159 Å². The van der Waals surface area contributed by atoms with Gasteiger partial charge in [-0.05, 0) is 25.5 Å². The van der Waals surface area contributed by atoms with Gasteiger partial charge in [0.2, 0.25) is 0 Å². The number of halogens is 1. The first kappa shape index (κ1) is 19.8. The molecule has 5 nitrogen and oxygen atoms in total. The predicted molar refractivity (Wildman–Crippen MR) is 108 cm³/mol. The van der Waals surface area contributed by atoms with Crippen LogP contribution in [-0.4, -0.2) is 29.0 Å². The molecule has 0 aromatic carbocycles. The summed E-state index contributed by atoms with van der Waals surface area (Å²) in [5.74, 6) is 0.820. The summed E-state index contributed by atoms with van der Waals surface area (Å²) in [7, 11) is 0. The highest BCUT2D eigenvalue weighted by molar-refractivity contribution is 14.0. The van der Waals surface area contributed by atoms with E-state index >= 15 is 0 Å². The molecule has 2 N–H and O–H groups in total. The van der Waals surface area contributed by atoms with Crippen LogP contribution in [0.25, 0.3) is 0 Å². The van der Waals surface area contributed by atoms with Crippen LogP contribution in [0.1, 0.15) is 29.4 Å². The van der Waals surface area contributed by atoms with Crippen LogP contribution in [0.15, 0.2) is 35.6 Å². The first-order valence-corrected chi connectivity index (χ1v) is 8.49. The Morgan fingerprint density at radius 1 is 1.22 bits per heavy atom. The van der Waals surface area contributed by atoms with Gasteiger partial charge in [0.05, 0.1) is 17.2 Å². The van der Waals surface area contributed by atoms with E-state index in [1.54, 1.807) is 17.5 Å². The van der Waals surface area contributed by atoms with Crippen LogP contribution < -0.4 is 10.6 Å². The number of pyridine rings is 1. The predicted octanol–water partition coefficient (Wildman–Crippen LogP) is 3.02. The number of aliphatic imine (C=N–C) groups is 1. The zero-order valence-corrected chi connectivity index (χ0v) is 16.7. The van der Waals surface area contributed by atoms with Crippen LogP contribution in [-0.2, 0) is 19.4 Å². The van der Waals surface area contributed by atoms with Crippen LogP contribution in [0.4, 0.5) is 0 Å². The third-order valence-electron chi connectivity index (χ3n) is 3.05. The Morgan fingerprint density at radius 3 is 2.74 bits per heavy atom. The smallest absolute Gasteiger partial charge is 0.191 e. The molecule has 0 unspecified atom stereocenters. The second-order valence-electron chi connectivity index (χ2n) is 4.77. The highest BCUT2D eigenvalue weighted by Gasteiger charge is 2.02. The molecule has 0 atom stereocenters. The quantitative estimate of drug-likeness (QED) is 0.391. The lowest BCUT2D eigenvalue weighted by atomic mass is 10.3. The third kappa shape index (κ3) is 7.26. The standard InChI is InChI=1S/C16H23N5S.HI/c1-3-14-12-20-15(22-14)8-10-19-16(17-4-2)21-11-13-7-5-6-9-18-13;/h5-7,9,12H,3-4,8,10-11H2,1-2H3,(H2,17,19,21);1H. The van der Waals surface area contributed by atoms with Crippen molar-refractivity contribution < 1.29 is 0 Å². The highest BCUT2D eigenvalue weighted by Crippen LogP contribution is 2.13. The summed E-state index contributed by atoms with van der Waals surface area (Å²) in [5.41, 5.74) is 0.965. The molecule has 0 saturated heterocycles. The highest BCUT2D eigenvalue weighted by atomic mass is 127. The zero-order valence-electron chi connectivity index (χ0n) is 13.6. The molecule has 126 valence electrons. The van der Waals surface area contributed by atoms with Gasteiger partial charge in [-0.2, -0.15) is 0 Å². The molecule has 2 heterocycles. The molecule has 2 rings (SSSR count). The first-order chi connectivity index (χ1) is 10.8. The molecule has 0 aliphatic rings. The number of hydrogen-bond donors (Lipinski definition) is 2. The van der Waals surface area contributed by atoms with E-state index in [0.717, 1.165) is 37.6 Å². The van der Waals surface area contributed by atoms with E-state index in [1.807, 2.05) is 24.4 Å². The van der Waals surface area contributed by atoms with E-state index < -0.39 is 0 Å². The minimum atomic E-state index is 0. The van der Waals surface area contributed by atoms with E-state index in [9.17, 15) is 0 Å². The van der Waals surface area contributed by atoms with Crippen molar-refractivity contribution in [2.45, 2.75) is 33.2 Å². The molecule has 0 fully saturated rings. The topological polar surface area (TPSA) is 62.2 Å². The lowest BCUT2D eigenvalue weighted by Gasteiger charge is -2.10. The molecule has 0 amide bonds. The fourth-order valence-electron chi connectivity index (χ4n) is 1.91. The van der Waals surface area contributed by atoms with Crippen LogP contribution >= 0.6 is 35.3 Å². The van der Waals surface area contributed by atoms with Crippen molar-refractivity contribution in [3.05, 3.63) is 46.2 Å². The fourth-order valence-corrected chi connectivity index (χ4v) is 2.77. The Kier molecular flexibility index (Phi) is 9.77. The maximum Gasteiger partial charge on any atom is 0.191 e. The summed E-state index contributed by atoms with van der Waals surface area (Å²) in [4.78, 5) is 14.6. The summed E-state index contributed by atoms with van der Waals surface area (Å²) in [6.07, 6.45) is 5.73. The number of rotatable bonds is 7. The number of hydrogen-bond acceptors (Lipinski definition) is 4. The van der Waals surface area contributed by atoms with Crippen LogP contribution in [0.5, 0.6) is 0 Å². The van der Waals surface area contributed by atoms with E-state index in [1.165, 1.54) is 9.88 Å². The third-order valence-corrected chi connectivity index (χ3v) is 4.25. The summed E-state index contributed by atoms with van der Waals surface area (Å²) in [6, 6.07) is 5.87. The van der Waals surface area contributed by atoms with Gasteiger partial charge in [0.25, 0.3) is 0 Å². The molecule has 0 aliphatic heterocycles. The van der Waals surface area contributed by atoms with E-state index in [4.69, 9.17) is 0 Å². The van der Waals surface area contributed by atoms with Crippen molar-refractivity contribution in [3.63, 3.8) is 0 Å². The Balaban J connectivity index is 0.00000264. The molecule has 0 spiro atoms. The molecule has 0 radical (unpaired) electrons. The SMILES string of the molecule is CCNC(=NCc1ccccn1)NCCc1ncc(CC)s1.I. The van der Waals surface area contributed by atoms with Gasteiger partial charge >= 0.3 is 0 Å². The van der Waals surface area contributed by atoms with Gasteiger partial charge in [-0.15, -0.1) is 35.3 Å². The Hall–Kier alpha value is -1.22. The van der Waals surface area contributed by atoms with Crippen molar-refractivity contribution in [3.8, 4) is 0 Å². The van der Waals surface area contributed by atoms with E-state index in [-0.39, 0.29) is 24.0 Å². The number of aryl methyl sites for hydroxylation is 1. The van der Waals surface area contributed by atoms with Crippen LogP contribution in [0.3, 0.4) is 0 Å². The number of nitrogens with zero attached hydrogens (tertiary/aromatic N) is 3. The van der Waals surface area contributed by atoms with E-state index in [0.29, 0.717) is 6.54 Å². The first-order valence-electron chi connectivity index (χ1n) is 7.67. The second-order valence-corrected chi connectivity index (χ2v) is 5.97. The van der Waals surface area contributed by atoms with Gasteiger partial charge in [0.1, 0.15) is 0 Å². The van der Waals surface area contributed by atoms with Crippen molar-refractivity contribution in [2.24, 2.45) is 4.99 Å². The van der Waals surface area contributed by atoms with Crippen LogP contribution in [0, 0.1) is 0 Å². The molecule has 2 aromatic heterocycles. The largest absolute Gasteiger partial charge is 0.357 e. The van der Waals surface area contributed by atoms with Crippen LogP contribution in [0.2, 0.25) is 0 Å². The number of nitrogens with one attached hydrogen (secondary N) is 2. The number of aromatic nitrogens is 2.